The summed E-state index contributed by atoms with van der Waals surface area (Å²) >= 11 is 0. The van der Waals surface area contributed by atoms with Crippen LogP contribution in [0.5, 0.6) is 0 Å². The Hall–Kier alpha value is -0.940. The van der Waals surface area contributed by atoms with Crippen LogP contribution in [0.15, 0.2) is 0 Å². The second-order valence-corrected chi connectivity index (χ2v) is 3.51. The molecule has 0 bridgehead atoms. The smallest absolute Gasteiger partial charge is 0.289 e. The highest BCUT2D eigenvalue weighted by Crippen LogP contribution is 2.15. The number of carbonyl (C=O) groups excluding carboxylic acids is 2. The normalized spacial score (nSPS) is 22.6. The number of aliphatic hydroxyl groups is 4. The predicted octanol–water partition coefficient (Wildman–Crippen LogP) is -4.19. The van der Waals surface area contributed by atoms with Gasteiger partial charge >= 0.3 is 0 Å². The number of hydrogen-bond acceptors (Lipinski definition) is 9. The van der Waals surface area contributed by atoms with Crippen molar-refractivity contribution in [2.75, 3.05) is 6.61 Å². The van der Waals surface area contributed by atoms with Gasteiger partial charge in [-0.1, -0.05) is 0 Å². The van der Waals surface area contributed by atoms with Crippen molar-refractivity contribution >= 4 is 11.6 Å². The van der Waals surface area contributed by atoms with E-state index in [2.05, 4.69) is 9.78 Å². The summed E-state index contributed by atoms with van der Waals surface area (Å²) < 4.78 is 0. The molecule has 4 atom stereocenters. The summed E-state index contributed by atoms with van der Waals surface area (Å²) in [6.07, 6.45) is -6.74. The van der Waals surface area contributed by atoms with Gasteiger partial charge in [0.15, 0.2) is 0 Å². The number of rotatable bonds is 7. The number of carbonyl (C=O) groups is 2. The lowest BCUT2D eigenvalue weighted by Crippen LogP contribution is -2.54. The molecule has 0 spiro atoms. The first-order valence-corrected chi connectivity index (χ1v) is 4.71. The van der Waals surface area contributed by atoms with Gasteiger partial charge in [-0.2, -0.15) is 9.78 Å². The van der Waals surface area contributed by atoms with E-state index in [-0.39, 0.29) is 0 Å². The molecule has 17 heavy (non-hydrogen) atoms. The zero-order valence-electron chi connectivity index (χ0n) is 8.59. The Morgan fingerprint density at radius 3 is 2.12 bits per heavy atom. The van der Waals surface area contributed by atoms with Crippen molar-refractivity contribution in [3.8, 4) is 0 Å². The molecule has 1 rings (SSSR count). The summed E-state index contributed by atoms with van der Waals surface area (Å²) in [5.74, 6) is -2.30. The van der Waals surface area contributed by atoms with Crippen molar-refractivity contribution in [2.24, 2.45) is 5.73 Å². The van der Waals surface area contributed by atoms with Crippen LogP contribution in [0.3, 0.4) is 0 Å². The Labute approximate surface area is 95.3 Å². The molecule has 1 heterocycles. The Morgan fingerprint density at radius 2 is 1.71 bits per heavy atom. The number of nitrogens with two attached hydrogens (primary N) is 1. The van der Waals surface area contributed by atoms with Crippen LogP contribution in [-0.4, -0.2) is 69.2 Å². The molecule has 0 radical (unpaired) electrons. The molecule has 9 heteroatoms. The van der Waals surface area contributed by atoms with Crippen LogP contribution in [0.4, 0.5) is 0 Å². The molecule has 0 aromatic heterocycles. The van der Waals surface area contributed by atoms with Crippen molar-refractivity contribution in [3.63, 3.8) is 0 Å². The minimum Gasteiger partial charge on any atom is -0.394 e. The van der Waals surface area contributed by atoms with Crippen molar-refractivity contribution in [2.45, 2.75) is 30.6 Å². The number of ketones is 2. The molecule has 0 aromatic rings. The van der Waals surface area contributed by atoms with E-state index in [0.29, 0.717) is 0 Å². The van der Waals surface area contributed by atoms with Crippen LogP contribution in [-0.2, 0) is 19.4 Å². The van der Waals surface area contributed by atoms with E-state index in [1.807, 2.05) is 0 Å². The highest BCUT2D eigenvalue weighted by Gasteiger charge is 2.44. The van der Waals surface area contributed by atoms with E-state index >= 15 is 0 Å². The van der Waals surface area contributed by atoms with Crippen LogP contribution in [0.25, 0.3) is 0 Å². The van der Waals surface area contributed by atoms with Gasteiger partial charge in [-0.05, 0) is 0 Å². The van der Waals surface area contributed by atoms with E-state index in [0.717, 1.165) is 0 Å². The standard InChI is InChI=1S/C8H13NO8/c9-3(5(13)4(12)2(11)1-10)6(14)7(15)8-16-17-8/h2-5,8,10-13H,1,9H2/t2-,3-,4-,5-/m1/s1. The fourth-order valence-electron chi connectivity index (χ4n) is 1.10. The molecular formula is C8H13NO8. The lowest BCUT2D eigenvalue weighted by molar-refractivity contribution is -0.143. The average Bonchev–Trinajstić information content (AvgIpc) is 3.17. The van der Waals surface area contributed by atoms with Crippen LogP contribution < -0.4 is 5.73 Å². The zero-order chi connectivity index (χ0) is 13.2. The predicted molar refractivity (Wildman–Crippen MR) is 49.1 cm³/mol. The van der Waals surface area contributed by atoms with E-state index < -0.39 is 48.8 Å². The minimum absolute atomic E-state index is 0.831. The molecule has 1 aliphatic rings. The molecule has 0 aliphatic carbocycles. The van der Waals surface area contributed by atoms with Crippen LogP contribution in [0, 0.1) is 0 Å². The van der Waals surface area contributed by atoms with E-state index in [9.17, 15) is 19.8 Å². The van der Waals surface area contributed by atoms with Crippen LogP contribution in [0.1, 0.15) is 0 Å². The first-order chi connectivity index (χ1) is 7.90. The van der Waals surface area contributed by atoms with Gasteiger partial charge < -0.3 is 26.2 Å². The molecule has 0 aromatic carbocycles. The topological polar surface area (TPSA) is 166 Å². The summed E-state index contributed by atoms with van der Waals surface area (Å²) in [6, 6.07) is -1.74. The average molecular weight is 251 g/mol. The summed E-state index contributed by atoms with van der Waals surface area (Å²) in [4.78, 5) is 30.6. The second-order valence-electron chi connectivity index (χ2n) is 3.51. The van der Waals surface area contributed by atoms with E-state index in [1.165, 1.54) is 0 Å². The van der Waals surface area contributed by atoms with E-state index in [1.54, 1.807) is 0 Å². The molecule has 1 saturated heterocycles. The molecule has 98 valence electrons. The van der Waals surface area contributed by atoms with Gasteiger partial charge in [-0.15, -0.1) is 0 Å². The third-order valence-electron chi connectivity index (χ3n) is 2.25. The SMILES string of the molecule is N[C@@H](C(=O)C(=O)C1OO1)[C@@H](O)[C@H](O)[C@H](O)CO. The molecule has 1 fully saturated rings. The van der Waals surface area contributed by atoms with Crippen LogP contribution in [0.2, 0.25) is 0 Å². The lowest BCUT2D eigenvalue weighted by atomic mass is 9.97. The maximum absolute atomic E-state index is 11.3. The van der Waals surface area contributed by atoms with Crippen LogP contribution >= 0.6 is 0 Å². The zero-order valence-corrected chi connectivity index (χ0v) is 8.59. The Morgan fingerprint density at radius 1 is 1.18 bits per heavy atom. The lowest BCUT2D eigenvalue weighted by Gasteiger charge is -2.24. The Bertz CT molecular complexity index is 304. The molecule has 0 unspecified atom stereocenters. The van der Waals surface area contributed by atoms with E-state index in [4.69, 9.17) is 15.9 Å². The summed E-state index contributed by atoms with van der Waals surface area (Å²) in [6.45, 7) is -0.831. The Balaban J connectivity index is 2.58. The molecule has 0 amide bonds. The van der Waals surface area contributed by atoms with Gasteiger partial charge in [0, 0.05) is 0 Å². The number of aliphatic hydroxyl groups excluding tert-OH is 4. The second kappa shape index (κ2) is 5.60. The molecule has 0 saturated carbocycles. The first-order valence-electron chi connectivity index (χ1n) is 4.71. The van der Waals surface area contributed by atoms with Crippen molar-refractivity contribution in [1.29, 1.82) is 0 Å². The van der Waals surface area contributed by atoms with Crippen molar-refractivity contribution in [1.82, 2.24) is 0 Å². The number of Topliss-reactive ketones (excluding diaryl/α,β-unsaturated/α-hetero) is 2. The van der Waals surface area contributed by atoms with Gasteiger partial charge in [0.25, 0.3) is 12.1 Å². The summed E-state index contributed by atoms with van der Waals surface area (Å²) in [5.41, 5.74) is 5.24. The first kappa shape index (κ1) is 14.1. The quantitative estimate of drug-likeness (QED) is 0.171. The third-order valence-corrected chi connectivity index (χ3v) is 2.25. The summed E-state index contributed by atoms with van der Waals surface area (Å²) in [7, 11) is 0. The fourth-order valence-corrected chi connectivity index (χ4v) is 1.10. The summed E-state index contributed by atoms with van der Waals surface area (Å²) in [5, 5.41) is 36.2. The van der Waals surface area contributed by atoms with Gasteiger partial charge in [0.05, 0.1) is 6.61 Å². The van der Waals surface area contributed by atoms with Crippen molar-refractivity contribution in [3.05, 3.63) is 0 Å². The molecular weight excluding hydrogens is 238 g/mol. The monoisotopic (exact) mass is 251 g/mol. The minimum atomic E-state index is -1.90. The number of hydrogen-bond donors (Lipinski definition) is 5. The maximum Gasteiger partial charge on any atom is 0.289 e. The maximum atomic E-state index is 11.3. The molecule has 6 N–H and O–H groups in total. The van der Waals surface area contributed by atoms with Crippen molar-refractivity contribution < 1.29 is 39.8 Å². The third kappa shape index (κ3) is 3.26. The van der Waals surface area contributed by atoms with Gasteiger partial charge in [-0.25, -0.2) is 0 Å². The molecule has 1 aliphatic heterocycles. The molecule has 9 nitrogen and oxygen atoms in total. The fraction of sp³-hybridized carbons (Fsp3) is 0.750. The largest absolute Gasteiger partial charge is 0.394 e. The highest BCUT2D eigenvalue weighted by atomic mass is 17.4. The van der Waals surface area contributed by atoms with Gasteiger partial charge in [-0.3, -0.25) is 9.59 Å². The van der Waals surface area contributed by atoms with Gasteiger partial charge in [0.2, 0.25) is 5.78 Å². The highest BCUT2D eigenvalue weighted by molar-refractivity contribution is 6.40. The Kier molecular flexibility index (Phi) is 4.65. The van der Waals surface area contributed by atoms with Gasteiger partial charge in [0.1, 0.15) is 24.4 Å².